The third-order valence-electron chi connectivity index (χ3n) is 7.28. The Bertz CT molecular complexity index is 1290. The quantitative estimate of drug-likeness (QED) is 0.560. The molecule has 35 heavy (non-hydrogen) atoms. The van der Waals surface area contributed by atoms with Crippen molar-refractivity contribution in [1.82, 2.24) is 23.9 Å². The molecule has 0 spiro atoms. The van der Waals surface area contributed by atoms with Gasteiger partial charge in [0.25, 0.3) is 11.5 Å². The van der Waals surface area contributed by atoms with Crippen molar-refractivity contribution < 1.29 is 19.1 Å². The third-order valence-corrected chi connectivity index (χ3v) is 7.28. The van der Waals surface area contributed by atoms with Gasteiger partial charge in [0.15, 0.2) is 0 Å². The van der Waals surface area contributed by atoms with Crippen LogP contribution in [-0.4, -0.2) is 73.1 Å². The SMILES string of the molecule is O=CN1CCC(n2ccc3c(=O)n(CC4(O)CCN(C(=O)c5ccc(F)cc5)CC4)cnc32)CC1. The van der Waals surface area contributed by atoms with Crippen LogP contribution in [0.3, 0.4) is 0 Å². The van der Waals surface area contributed by atoms with Crippen molar-refractivity contribution in [2.24, 2.45) is 0 Å². The normalized spacial score (nSPS) is 18.7. The second-order valence-electron chi connectivity index (χ2n) is 9.53. The van der Waals surface area contributed by atoms with Crippen molar-refractivity contribution in [2.45, 2.75) is 43.9 Å². The van der Waals surface area contributed by atoms with Crippen LogP contribution in [-0.2, 0) is 11.3 Å². The Morgan fingerprint density at radius 3 is 2.46 bits per heavy atom. The standard InChI is InChI=1S/C25H28FN5O4/c26-19-3-1-18(2-4-19)23(33)29-13-8-25(35,9-14-29)15-30-16-27-22-21(24(30)34)7-12-31(22)20-5-10-28(17-32)11-6-20/h1-4,7,12,16-17,20,35H,5-6,8-11,13-15H2. The molecule has 184 valence electrons. The molecule has 0 bridgehead atoms. The number of nitrogens with zero attached hydrogens (tertiary/aromatic N) is 5. The second-order valence-corrected chi connectivity index (χ2v) is 9.53. The van der Waals surface area contributed by atoms with Gasteiger partial charge in [0.05, 0.1) is 17.5 Å². The zero-order valence-corrected chi connectivity index (χ0v) is 19.3. The monoisotopic (exact) mass is 481 g/mol. The number of piperidine rings is 2. The maximum atomic E-state index is 13.2. The Hall–Kier alpha value is -3.53. The number of rotatable bonds is 5. The van der Waals surface area contributed by atoms with Crippen molar-refractivity contribution >= 4 is 23.4 Å². The molecule has 2 aromatic heterocycles. The number of fused-ring (bicyclic) bond motifs is 1. The maximum Gasteiger partial charge on any atom is 0.262 e. The number of hydrogen-bond donors (Lipinski definition) is 1. The largest absolute Gasteiger partial charge is 0.388 e. The van der Waals surface area contributed by atoms with Gasteiger partial charge >= 0.3 is 0 Å². The number of likely N-dealkylation sites (tertiary alicyclic amines) is 2. The van der Waals surface area contributed by atoms with Gasteiger partial charge in [-0.1, -0.05) is 0 Å². The molecule has 1 aromatic carbocycles. The molecule has 5 rings (SSSR count). The van der Waals surface area contributed by atoms with Gasteiger partial charge in [0.1, 0.15) is 17.8 Å². The predicted molar refractivity (Wildman–Crippen MR) is 126 cm³/mol. The van der Waals surface area contributed by atoms with E-state index in [1.807, 2.05) is 10.8 Å². The molecule has 2 fully saturated rings. The average Bonchev–Trinajstić information content (AvgIpc) is 3.31. The molecular weight excluding hydrogens is 453 g/mol. The Morgan fingerprint density at radius 2 is 1.80 bits per heavy atom. The van der Waals surface area contributed by atoms with Crippen LogP contribution in [0.1, 0.15) is 42.1 Å². The average molecular weight is 482 g/mol. The van der Waals surface area contributed by atoms with E-state index in [0.717, 1.165) is 19.3 Å². The number of carbonyl (C=O) groups is 2. The lowest BCUT2D eigenvalue weighted by Crippen LogP contribution is -2.49. The summed E-state index contributed by atoms with van der Waals surface area (Å²) in [5.41, 5.74) is -0.327. The number of carbonyl (C=O) groups excluding carboxylic acids is 2. The zero-order chi connectivity index (χ0) is 24.6. The van der Waals surface area contributed by atoms with E-state index in [-0.39, 0.29) is 24.1 Å². The summed E-state index contributed by atoms with van der Waals surface area (Å²) in [5, 5.41) is 11.7. The van der Waals surface area contributed by atoms with Gasteiger partial charge in [-0.25, -0.2) is 9.37 Å². The zero-order valence-electron chi connectivity index (χ0n) is 19.3. The number of amides is 2. The van der Waals surface area contributed by atoms with Crippen LogP contribution >= 0.6 is 0 Å². The molecular formula is C25H28FN5O4. The maximum absolute atomic E-state index is 13.2. The highest BCUT2D eigenvalue weighted by Gasteiger charge is 2.35. The van der Waals surface area contributed by atoms with Crippen LogP contribution in [0.4, 0.5) is 4.39 Å². The summed E-state index contributed by atoms with van der Waals surface area (Å²) in [6, 6.07) is 7.36. The third kappa shape index (κ3) is 4.58. The topological polar surface area (TPSA) is 101 Å². The first-order chi connectivity index (χ1) is 16.9. The van der Waals surface area contributed by atoms with Crippen LogP contribution < -0.4 is 5.56 Å². The number of hydrogen-bond acceptors (Lipinski definition) is 5. The Balaban J connectivity index is 1.27. The van der Waals surface area contributed by atoms with Crippen molar-refractivity contribution in [1.29, 1.82) is 0 Å². The van der Waals surface area contributed by atoms with Crippen molar-refractivity contribution in [3.05, 3.63) is 64.6 Å². The molecule has 4 heterocycles. The first-order valence-corrected chi connectivity index (χ1v) is 11.9. The molecule has 2 aliphatic heterocycles. The van der Waals surface area contributed by atoms with Crippen molar-refractivity contribution in [3.63, 3.8) is 0 Å². The Labute approximate surface area is 201 Å². The van der Waals surface area contributed by atoms with Gasteiger partial charge in [-0.15, -0.1) is 0 Å². The van der Waals surface area contributed by atoms with Crippen molar-refractivity contribution in [3.8, 4) is 0 Å². The molecule has 9 nitrogen and oxygen atoms in total. The molecule has 0 unspecified atom stereocenters. The molecule has 0 saturated carbocycles. The summed E-state index contributed by atoms with van der Waals surface area (Å²) in [4.78, 5) is 44.8. The number of aliphatic hydroxyl groups is 1. The van der Waals surface area contributed by atoms with E-state index in [1.54, 1.807) is 15.9 Å². The molecule has 2 amide bonds. The lowest BCUT2D eigenvalue weighted by atomic mass is 9.91. The minimum absolute atomic E-state index is 0.0935. The van der Waals surface area contributed by atoms with E-state index in [1.165, 1.54) is 35.2 Å². The molecule has 3 aromatic rings. The minimum Gasteiger partial charge on any atom is -0.388 e. The second kappa shape index (κ2) is 9.26. The fourth-order valence-corrected chi connectivity index (χ4v) is 5.13. The highest BCUT2D eigenvalue weighted by molar-refractivity contribution is 5.94. The highest BCUT2D eigenvalue weighted by atomic mass is 19.1. The number of benzene rings is 1. The first-order valence-electron chi connectivity index (χ1n) is 11.9. The predicted octanol–water partition coefficient (Wildman–Crippen LogP) is 1.80. The molecule has 10 heteroatoms. The molecule has 2 aliphatic rings. The lowest BCUT2D eigenvalue weighted by molar-refractivity contribution is -0.119. The van der Waals surface area contributed by atoms with Gasteiger partial charge in [-0.05, 0) is 56.0 Å². The molecule has 0 aliphatic carbocycles. The Morgan fingerprint density at radius 1 is 1.11 bits per heavy atom. The summed E-state index contributed by atoms with van der Waals surface area (Å²) in [5.74, 6) is -0.600. The van der Waals surface area contributed by atoms with Crippen LogP contribution in [0.15, 0.2) is 47.7 Å². The van der Waals surface area contributed by atoms with Gasteiger partial charge in [0, 0.05) is 44.0 Å². The van der Waals surface area contributed by atoms with E-state index >= 15 is 0 Å². The number of aromatic nitrogens is 3. The summed E-state index contributed by atoms with van der Waals surface area (Å²) >= 11 is 0. The van der Waals surface area contributed by atoms with Gasteiger partial charge in [0.2, 0.25) is 6.41 Å². The van der Waals surface area contributed by atoms with Gasteiger partial charge < -0.3 is 19.5 Å². The van der Waals surface area contributed by atoms with Crippen molar-refractivity contribution in [2.75, 3.05) is 26.2 Å². The molecule has 1 N–H and O–H groups in total. The van der Waals surface area contributed by atoms with Gasteiger partial charge in [-0.3, -0.25) is 19.0 Å². The summed E-state index contributed by atoms with van der Waals surface area (Å²) in [6.07, 6.45) is 6.48. The van der Waals surface area contributed by atoms with Gasteiger partial charge in [-0.2, -0.15) is 0 Å². The smallest absolute Gasteiger partial charge is 0.262 e. The Kier molecular flexibility index (Phi) is 6.14. The van der Waals surface area contributed by atoms with Crippen LogP contribution in [0.5, 0.6) is 0 Å². The van der Waals surface area contributed by atoms with Crippen LogP contribution in [0.25, 0.3) is 11.0 Å². The van der Waals surface area contributed by atoms with E-state index in [0.29, 0.717) is 55.6 Å². The molecule has 0 atom stereocenters. The molecule has 0 radical (unpaired) electrons. The highest BCUT2D eigenvalue weighted by Crippen LogP contribution is 2.27. The van der Waals surface area contributed by atoms with E-state index in [2.05, 4.69) is 4.98 Å². The lowest BCUT2D eigenvalue weighted by Gasteiger charge is -2.38. The summed E-state index contributed by atoms with van der Waals surface area (Å²) in [7, 11) is 0. The van der Waals surface area contributed by atoms with E-state index in [9.17, 15) is 23.9 Å². The minimum atomic E-state index is -1.14. The molecule has 2 saturated heterocycles. The summed E-state index contributed by atoms with van der Waals surface area (Å²) < 4.78 is 16.6. The van der Waals surface area contributed by atoms with Crippen LogP contribution in [0.2, 0.25) is 0 Å². The number of halogens is 1. The van der Waals surface area contributed by atoms with Crippen LogP contribution in [0, 0.1) is 5.82 Å². The van der Waals surface area contributed by atoms with E-state index < -0.39 is 11.4 Å². The fraction of sp³-hybridized carbons (Fsp3) is 0.440. The first kappa shape index (κ1) is 23.2. The fourth-order valence-electron chi connectivity index (χ4n) is 5.13. The van der Waals surface area contributed by atoms with E-state index in [4.69, 9.17) is 0 Å². The summed E-state index contributed by atoms with van der Waals surface area (Å²) in [6.45, 7) is 2.13.